The Morgan fingerprint density at radius 2 is 1.19 bits per heavy atom. The molecule has 0 radical (unpaired) electrons. The highest BCUT2D eigenvalue weighted by Gasteiger charge is 2.58. The maximum Gasteiger partial charge on any atom is 0.184 e. The topological polar surface area (TPSA) is 9.23 Å². The van der Waals surface area contributed by atoms with Gasteiger partial charge in [-0.05, 0) is 92.2 Å². The van der Waals surface area contributed by atoms with Crippen molar-refractivity contribution in [3.63, 3.8) is 0 Å². The van der Waals surface area contributed by atoms with Gasteiger partial charge >= 0.3 is 0 Å². The highest BCUT2D eigenvalue weighted by Crippen LogP contribution is 2.63. The van der Waals surface area contributed by atoms with Crippen LogP contribution in [0.2, 0.25) is 72.0 Å². The van der Waals surface area contributed by atoms with Gasteiger partial charge in [0.1, 0.15) is 8.07 Å². The molecular weight excluding hydrogens is 517 g/mol. The molecule has 0 heterocycles. The first kappa shape index (κ1) is 28.8. The van der Waals surface area contributed by atoms with Crippen LogP contribution < -0.4 is 5.19 Å². The maximum absolute atomic E-state index is 7.53. The van der Waals surface area contributed by atoms with Crippen LogP contribution >= 0.6 is 0 Å². The molecule has 4 fully saturated rings. The van der Waals surface area contributed by atoms with Crippen molar-refractivity contribution in [2.75, 3.05) is 0 Å². The minimum Gasteiger partial charge on any atom is -0.456 e. The summed E-state index contributed by atoms with van der Waals surface area (Å²) in [6, 6.07) is 11.6. The summed E-state index contributed by atoms with van der Waals surface area (Å²) in [6.45, 7) is 28.2. The molecule has 0 unspecified atom stereocenters. The van der Waals surface area contributed by atoms with E-state index in [4.69, 9.17) is 4.12 Å². The number of benzene rings is 1. The molecule has 4 aliphatic rings. The fourth-order valence-corrected chi connectivity index (χ4v) is 63.6. The van der Waals surface area contributed by atoms with Gasteiger partial charge in [-0.25, -0.2) is 0 Å². The van der Waals surface area contributed by atoms with Crippen LogP contribution in [0, 0.1) is 23.2 Å². The lowest BCUT2D eigenvalue weighted by Gasteiger charge is -2.59. The van der Waals surface area contributed by atoms with Gasteiger partial charge in [0.05, 0.1) is 15.2 Å². The Hall–Kier alpha value is -0.216. The van der Waals surface area contributed by atoms with E-state index in [1.807, 2.05) is 0 Å². The largest absolute Gasteiger partial charge is 0.456 e. The minimum atomic E-state index is -2.09. The third-order valence-electron chi connectivity index (χ3n) is 9.80. The van der Waals surface area contributed by atoms with Crippen molar-refractivity contribution < 1.29 is 4.12 Å². The highest BCUT2D eigenvalue weighted by molar-refractivity contribution is 7.69. The molecule has 200 valence electrons. The standard InChI is InChI=1S/C30H54OSi5/c1-32(2,3)31-36(33(4,5)6,34(7,8)9)18-17-29(35(10,11)28-15-13-12-14-16-28)30-22-25-19-26(23-30)21-27(20-25)24-30/h12-16,18,25-27H,19-24H2,1-11H3. The Kier molecular flexibility index (Phi) is 7.56. The molecular formula is C30H54OSi5. The molecule has 4 aliphatic carbocycles. The van der Waals surface area contributed by atoms with E-state index in [1.165, 1.54) is 38.5 Å². The smallest absolute Gasteiger partial charge is 0.184 e. The van der Waals surface area contributed by atoms with E-state index in [9.17, 15) is 0 Å². The molecule has 0 aliphatic heterocycles. The predicted octanol–water partition coefficient (Wildman–Crippen LogP) is 8.61. The van der Waals surface area contributed by atoms with Gasteiger partial charge in [0.15, 0.2) is 15.7 Å². The molecule has 4 bridgehead atoms. The molecule has 0 spiro atoms. The molecule has 0 saturated heterocycles. The zero-order chi connectivity index (χ0) is 26.8. The van der Waals surface area contributed by atoms with Crippen LogP contribution in [0.5, 0.6) is 0 Å². The molecule has 1 nitrogen and oxygen atoms in total. The average molecular weight is 571 g/mol. The van der Waals surface area contributed by atoms with Gasteiger partial charge in [-0.1, -0.05) is 87.9 Å². The van der Waals surface area contributed by atoms with Crippen LogP contribution in [-0.2, 0) is 4.12 Å². The molecule has 1 aromatic carbocycles. The lowest BCUT2D eigenvalue weighted by atomic mass is 9.49. The van der Waals surface area contributed by atoms with Gasteiger partial charge in [0.25, 0.3) is 0 Å². The number of hydrogen-bond donors (Lipinski definition) is 0. The van der Waals surface area contributed by atoms with Gasteiger partial charge in [-0.3, -0.25) is 0 Å². The zero-order valence-corrected chi connectivity index (χ0v) is 30.3. The van der Waals surface area contributed by atoms with Crippen molar-refractivity contribution in [3.05, 3.63) is 47.0 Å². The normalized spacial score (nSPS) is 28.7. The lowest BCUT2D eigenvalue weighted by Crippen LogP contribution is -2.74. The van der Waals surface area contributed by atoms with E-state index in [0.717, 1.165) is 17.8 Å². The number of allylic oxidation sites excluding steroid dienone is 1. The summed E-state index contributed by atoms with van der Waals surface area (Å²) in [5.74, 6) is 2.88. The Morgan fingerprint density at radius 1 is 0.750 bits per heavy atom. The number of hydrogen-bond acceptors (Lipinski definition) is 1. The number of rotatable bonds is 8. The monoisotopic (exact) mass is 570 g/mol. The first-order chi connectivity index (χ1) is 16.4. The molecule has 0 atom stereocenters. The summed E-state index contributed by atoms with van der Waals surface area (Å²) >= 11 is 0. The summed E-state index contributed by atoms with van der Waals surface area (Å²) in [5, 5.41) is 3.36. The second kappa shape index (κ2) is 9.46. The van der Waals surface area contributed by atoms with Gasteiger partial charge in [0.2, 0.25) is 0 Å². The fraction of sp³-hybridized carbons (Fsp3) is 0.700. The van der Waals surface area contributed by atoms with E-state index in [0.29, 0.717) is 5.41 Å². The predicted molar refractivity (Wildman–Crippen MR) is 173 cm³/mol. The van der Waals surface area contributed by atoms with Gasteiger partial charge in [-0.2, -0.15) is 0 Å². The van der Waals surface area contributed by atoms with Crippen molar-refractivity contribution in [3.8, 4) is 0 Å². The molecule has 1 aromatic rings. The van der Waals surface area contributed by atoms with Crippen molar-refractivity contribution in [2.24, 2.45) is 23.2 Å². The van der Waals surface area contributed by atoms with E-state index in [2.05, 4.69) is 114 Å². The fourth-order valence-electron chi connectivity index (χ4n) is 8.96. The van der Waals surface area contributed by atoms with E-state index in [1.54, 1.807) is 10.4 Å². The van der Waals surface area contributed by atoms with Crippen LogP contribution in [0.4, 0.5) is 0 Å². The van der Waals surface area contributed by atoms with Crippen molar-refractivity contribution >= 4 is 44.1 Å². The third kappa shape index (κ3) is 5.30. The Bertz CT molecular complexity index is 967. The van der Waals surface area contributed by atoms with Crippen LogP contribution in [0.1, 0.15) is 38.5 Å². The molecule has 5 rings (SSSR count). The van der Waals surface area contributed by atoms with E-state index in [-0.39, 0.29) is 0 Å². The molecule has 36 heavy (non-hydrogen) atoms. The van der Waals surface area contributed by atoms with Crippen molar-refractivity contribution in [1.29, 1.82) is 0 Å². The first-order valence-corrected chi connectivity index (χ1v) is 32.0. The van der Waals surface area contributed by atoms with Gasteiger partial charge in [-0.15, -0.1) is 5.73 Å². The SMILES string of the molecule is C[Si](C)(C)O[Si](C=C=C(C12CC3CC(CC(C3)C1)C2)[Si](C)(C)c1ccccc1)([Si](C)(C)C)[Si](C)(C)C. The Balaban J connectivity index is 1.98. The van der Waals surface area contributed by atoms with Crippen LogP contribution in [0.15, 0.2) is 47.0 Å². The second-order valence-corrected chi connectivity index (χ2v) is 51.4. The molecule has 6 heteroatoms. The average Bonchev–Trinajstić information content (AvgIpc) is 2.70. The van der Waals surface area contributed by atoms with Gasteiger partial charge in [0, 0.05) is 0 Å². The van der Waals surface area contributed by atoms with Crippen molar-refractivity contribution in [1.82, 2.24) is 0 Å². The van der Waals surface area contributed by atoms with E-state index >= 15 is 0 Å². The van der Waals surface area contributed by atoms with Crippen LogP contribution in [-0.4, -0.2) is 38.9 Å². The second-order valence-electron chi connectivity index (χ2n) is 16.3. The highest BCUT2D eigenvalue weighted by atomic mass is 29.7. The Morgan fingerprint density at radius 3 is 1.58 bits per heavy atom. The minimum absolute atomic E-state index is 0.398. The summed E-state index contributed by atoms with van der Waals surface area (Å²) in [7, 11) is -8.83. The summed E-state index contributed by atoms with van der Waals surface area (Å²) in [6.07, 6.45) is 8.81. The molecule has 4 saturated carbocycles. The third-order valence-corrected chi connectivity index (χ3v) is 51.8. The quantitative estimate of drug-likeness (QED) is 0.224. The zero-order valence-electron chi connectivity index (χ0n) is 25.3. The maximum atomic E-state index is 7.53. The van der Waals surface area contributed by atoms with Crippen LogP contribution in [0.25, 0.3) is 0 Å². The molecule has 0 aromatic heterocycles. The first-order valence-electron chi connectivity index (χ1n) is 14.6. The molecule has 0 amide bonds. The summed E-state index contributed by atoms with van der Waals surface area (Å²) < 4.78 is 7.53. The van der Waals surface area contributed by atoms with E-state index < -0.39 is 38.9 Å². The summed E-state index contributed by atoms with van der Waals surface area (Å²) in [5.41, 5.74) is 7.50. The Labute approximate surface area is 228 Å². The van der Waals surface area contributed by atoms with Crippen molar-refractivity contribution in [2.45, 2.75) is 111 Å². The summed E-state index contributed by atoms with van der Waals surface area (Å²) in [4.78, 5) is 0. The van der Waals surface area contributed by atoms with Crippen LogP contribution in [0.3, 0.4) is 0 Å². The lowest BCUT2D eigenvalue weighted by molar-refractivity contribution is -0.0269. The molecule has 0 N–H and O–H groups in total. The van der Waals surface area contributed by atoms with Gasteiger partial charge < -0.3 is 4.12 Å².